The average Bonchev–Trinajstić information content (AvgIpc) is 2.14. The molecule has 0 aliphatic heterocycles. The second kappa shape index (κ2) is 6.75. The SMILES string of the molecule is [Cl][GeH]([Cl])[CH2]CCCc1ccccc1. The first kappa shape index (κ1) is 11.4. The van der Waals surface area contributed by atoms with Crippen molar-refractivity contribution in [1.82, 2.24) is 0 Å². The molecule has 0 radical (unpaired) electrons. The molecule has 0 saturated heterocycles. The molecule has 0 N–H and O–H groups in total. The summed E-state index contributed by atoms with van der Waals surface area (Å²) in [6, 6.07) is 10.5. The monoisotopic (exact) mass is 278 g/mol. The van der Waals surface area contributed by atoms with Crippen molar-refractivity contribution in [1.29, 1.82) is 0 Å². The van der Waals surface area contributed by atoms with Gasteiger partial charge in [0.1, 0.15) is 0 Å². The van der Waals surface area contributed by atoms with Crippen molar-refractivity contribution in [2.75, 3.05) is 0 Å². The summed E-state index contributed by atoms with van der Waals surface area (Å²) in [6.07, 6.45) is 3.56. The molecule has 0 unspecified atom stereocenters. The quantitative estimate of drug-likeness (QED) is 0.569. The van der Waals surface area contributed by atoms with Crippen molar-refractivity contribution in [2.24, 2.45) is 0 Å². The number of halogens is 2. The molecule has 0 spiro atoms. The van der Waals surface area contributed by atoms with Crippen LogP contribution in [0.5, 0.6) is 0 Å². The summed E-state index contributed by atoms with van der Waals surface area (Å²) in [7, 11) is 11.6. The third kappa shape index (κ3) is 5.61. The van der Waals surface area contributed by atoms with Crippen LogP contribution in [-0.2, 0) is 6.42 Å². The Bertz CT molecular complexity index is 224. The van der Waals surface area contributed by atoms with Crippen LogP contribution in [-0.4, -0.2) is 12.5 Å². The summed E-state index contributed by atoms with van der Waals surface area (Å²) in [5.41, 5.74) is 1.41. The van der Waals surface area contributed by atoms with E-state index in [1.54, 1.807) is 0 Å². The molecule has 1 aromatic rings. The van der Waals surface area contributed by atoms with E-state index in [4.69, 9.17) is 20.0 Å². The van der Waals surface area contributed by atoms with E-state index in [1.165, 1.54) is 18.4 Å². The number of aryl methyl sites for hydroxylation is 1. The number of benzene rings is 1. The van der Waals surface area contributed by atoms with Gasteiger partial charge >= 0.3 is 92.9 Å². The Morgan fingerprint density at radius 1 is 1.00 bits per heavy atom. The summed E-state index contributed by atoms with van der Waals surface area (Å²) in [6.45, 7) is 0. The topological polar surface area (TPSA) is 0 Å². The maximum absolute atomic E-state index is 5.81. The Morgan fingerprint density at radius 3 is 2.31 bits per heavy atom. The van der Waals surface area contributed by atoms with E-state index >= 15 is 0 Å². The molecule has 0 amide bonds. The second-order valence-corrected chi connectivity index (χ2v) is 12.6. The number of rotatable bonds is 5. The van der Waals surface area contributed by atoms with Crippen LogP contribution < -0.4 is 0 Å². The predicted molar refractivity (Wildman–Crippen MR) is 63.0 cm³/mol. The Labute approximate surface area is 92.7 Å². The number of hydrogen-bond donors (Lipinski definition) is 0. The fourth-order valence-electron chi connectivity index (χ4n) is 1.27. The van der Waals surface area contributed by atoms with Crippen LogP contribution in [0.1, 0.15) is 18.4 Å². The molecular weight excluding hydrogens is 264 g/mol. The van der Waals surface area contributed by atoms with Gasteiger partial charge in [-0.15, -0.1) is 0 Å². The minimum atomic E-state index is -1.76. The van der Waals surface area contributed by atoms with Crippen LogP contribution in [0.3, 0.4) is 0 Å². The molecular formula is C10H14Cl2Ge. The summed E-state index contributed by atoms with van der Waals surface area (Å²) in [5.74, 6) is 0. The van der Waals surface area contributed by atoms with E-state index in [1.807, 2.05) is 6.07 Å². The van der Waals surface area contributed by atoms with Gasteiger partial charge in [0.2, 0.25) is 0 Å². The first-order chi connectivity index (χ1) is 6.29. The molecule has 0 fully saturated rings. The molecule has 0 aromatic heterocycles. The van der Waals surface area contributed by atoms with Gasteiger partial charge in [-0.1, -0.05) is 0 Å². The Kier molecular flexibility index (Phi) is 5.92. The van der Waals surface area contributed by atoms with Crippen molar-refractivity contribution >= 4 is 32.5 Å². The van der Waals surface area contributed by atoms with E-state index in [-0.39, 0.29) is 0 Å². The molecule has 0 aliphatic carbocycles. The maximum atomic E-state index is 5.81. The van der Waals surface area contributed by atoms with Gasteiger partial charge in [-0.05, 0) is 0 Å². The zero-order chi connectivity index (χ0) is 9.52. The van der Waals surface area contributed by atoms with Gasteiger partial charge in [0.25, 0.3) is 0 Å². The van der Waals surface area contributed by atoms with E-state index in [0.29, 0.717) is 0 Å². The van der Waals surface area contributed by atoms with E-state index < -0.39 is 12.5 Å². The molecule has 72 valence electrons. The molecule has 0 bridgehead atoms. The fraction of sp³-hybridized carbons (Fsp3) is 0.400. The molecule has 0 heterocycles. The van der Waals surface area contributed by atoms with E-state index in [9.17, 15) is 0 Å². The van der Waals surface area contributed by atoms with Crippen molar-refractivity contribution in [3.8, 4) is 0 Å². The molecule has 13 heavy (non-hydrogen) atoms. The molecule has 1 aromatic carbocycles. The van der Waals surface area contributed by atoms with E-state index in [2.05, 4.69) is 24.3 Å². The molecule has 0 atom stereocenters. The van der Waals surface area contributed by atoms with Gasteiger partial charge in [0.05, 0.1) is 0 Å². The van der Waals surface area contributed by atoms with Crippen LogP contribution in [0.25, 0.3) is 0 Å². The number of hydrogen-bond acceptors (Lipinski definition) is 0. The summed E-state index contributed by atoms with van der Waals surface area (Å²) in [4.78, 5) is 0. The Morgan fingerprint density at radius 2 is 1.69 bits per heavy atom. The van der Waals surface area contributed by atoms with Gasteiger partial charge in [0, 0.05) is 0 Å². The van der Waals surface area contributed by atoms with Gasteiger partial charge in [0.15, 0.2) is 0 Å². The minimum absolute atomic E-state index is 1.09. The van der Waals surface area contributed by atoms with Gasteiger partial charge in [-0.25, -0.2) is 0 Å². The van der Waals surface area contributed by atoms with Gasteiger partial charge < -0.3 is 0 Å². The third-order valence-corrected chi connectivity index (χ3v) is 6.02. The predicted octanol–water partition coefficient (Wildman–Crippen LogP) is 3.71. The third-order valence-electron chi connectivity index (χ3n) is 1.98. The molecule has 0 aliphatic rings. The van der Waals surface area contributed by atoms with E-state index in [0.717, 1.165) is 11.7 Å². The molecule has 0 nitrogen and oxygen atoms in total. The Hall–Kier alpha value is 0.343. The molecule has 0 saturated carbocycles. The van der Waals surface area contributed by atoms with Gasteiger partial charge in [-0.3, -0.25) is 0 Å². The van der Waals surface area contributed by atoms with Crippen molar-refractivity contribution in [3.63, 3.8) is 0 Å². The fourth-order valence-corrected chi connectivity index (χ4v) is 4.13. The van der Waals surface area contributed by atoms with Crippen LogP contribution >= 0.6 is 20.0 Å². The first-order valence-electron chi connectivity index (χ1n) is 4.61. The average molecular weight is 278 g/mol. The van der Waals surface area contributed by atoms with Crippen molar-refractivity contribution in [3.05, 3.63) is 35.9 Å². The van der Waals surface area contributed by atoms with Crippen molar-refractivity contribution < 1.29 is 0 Å². The number of unbranched alkanes of at least 4 members (excludes halogenated alkanes) is 1. The van der Waals surface area contributed by atoms with Gasteiger partial charge in [-0.2, -0.15) is 0 Å². The second-order valence-electron chi connectivity index (χ2n) is 3.12. The summed E-state index contributed by atoms with van der Waals surface area (Å²) >= 11 is -1.76. The first-order valence-corrected chi connectivity index (χ1v) is 12.7. The van der Waals surface area contributed by atoms with Crippen LogP contribution in [0, 0.1) is 0 Å². The van der Waals surface area contributed by atoms with Crippen LogP contribution in [0.2, 0.25) is 5.25 Å². The van der Waals surface area contributed by atoms with Crippen LogP contribution in [0.4, 0.5) is 0 Å². The standard InChI is InChI=1S/C10H14Cl2Ge/c11-13(12)9-5-4-8-10-6-2-1-3-7-10/h1-3,6-7,13H,4-5,8-9H2. The Balaban J connectivity index is 2.13. The summed E-state index contributed by atoms with van der Waals surface area (Å²) in [5, 5.41) is 1.09. The summed E-state index contributed by atoms with van der Waals surface area (Å²) < 4.78 is 0. The molecule has 1 rings (SSSR count). The zero-order valence-electron chi connectivity index (χ0n) is 7.55. The zero-order valence-corrected chi connectivity index (χ0v) is 11.5. The molecule has 3 heteroatoms. The van der Waals surface area contributed by atoms with Crippen molar-refractivity contribution in [2.45, 2.75) is 24.5 Å². The normalized spacial score (nSPS) is 10.7. The van der Waals surface area contributed by atoms with Crippen LogP contribution in [0.15, 0.2) is 30.3 Å².